The highest BCUT2D eigenvalue weighted by Gasteiger charge is 2.32. The number of nitrogens with zero attached hydrogens (tertiary/aromatic N) is 2. The molecule has 12 nitrogen and oxygen atoms in total. The van der Waals surface area contributed by atoms with Gasteiger partial charge in [0.25, 0.3) is 0 Å². The Balaban J connectivity index is 0.000000181. The van der Waals surface area contributed by atoms with E-state index >= 15 is 0 Å². The van der Waals surface area contributed by atoms with Crippen LogP contribution in [0.2, 0.25) is 0 Å². The number of carbonyl (C=O) groups excluding carboxylic acids is 2. The fraction of sp³-hybridized carbons (Fsp3) is 0.259. The highest BCUT2D eigenvalue weighted by molar-refractivity contribution is 9.11. The first-order valence-electron chi connectivity index (χ1n) is 46.4. The fourth-order valence-corrected chi connectivity index (χ4v) is 17.2. The zero-order valence-corrected chi connectivity index (χ0v) is 80.4. The normalized spacial score (nSPS) is 11.2. The number of aldehydes is 2. The first kappa shape index (κ1) is 97.3. The van der Waals surface area contributed by atoms with Gasteiger partial charge in [0.05, 0.1) is 51.2 Å². The average molecular weight is 1860 g/mol. The quantitative estimate of drug-likeness (QED) is 0.0214. The maximum atomic E-state index is 11.3. The number of ether oxygens (including phenoxy) is 4. The van der Waals surface area contributed by atoms with Crippen LogP contribution >= 0.6 is 38.6 Å². The average Bonchev–Trinajstić information content (AvgIpc) is 1.35. The first-order chi connectivity index (χ1) is 64.2. The van der Waals surface area contributed by atoms with Crippen LogP contribution in [0.4, 0.5) is 34.1 Å². The number of furan rings is 2. The van der Waals surface area contributed by atoms with Crippen molar-refractivity contribution in [2.75, 3.05) is 36.2 Å². The number of anilines is 6. The van der Waals surface area contributed by atoms with Crippen molar-refractivity contribution < 1.29 is 47.6 Å². The van der Waals surface area contributed by atoms with Crippen molar-refractivity contribution in [3.8, 4) is 99.2 Å². The first-order valence-corrected chi connectivity index (χ1v) is 48.8. The van der Waals surface area contributed by atoms with E-state index in [0.717, 1.165) is 201 Å². The highest BCUT2D eigenvalue weighted by atomic mass is 79.9. The van der Waals surface area contributed by atoms with E-state index in [-0.39, 0.29) is 0 Å². The molecular formula is C116H120BBrN2O10S2. The van der Waals surface area contributed by atoms with E-state index < -0.39 is 11.2 Å². The summed E-state index contributed by atoms with van der Waals surface area (Å²) in [5.41, 5.74) is 18.2. The zero-order valence-electron chi connectivity index (χ0n) is 77.1. The van der Waals surface area contributed by atoms with Crippen molar-refractivity contribution in [2.24, 2.45) is 0 Å². The molecular weight excluding hydrogens is 1740 g/mol. The van der Waals surface area contributed by atoms with Gasteiger partial charge in [0, 0.05) is 60.9 Å². The summed E-state index contributed by atoms with van der Waals surface area (Å²) in [7, 11) is 6.05. The fourth-order valence-electron chi connectivity index (χ4n) is 14.9. The number of unbranched alkanes of at least 4 members (excludes halogenated alkanes) is 12. The van der Waals surface area contributed by atoms with Crippen LogP contribution in [0.1, 0.15) is 179 Å². The number of halogens is 1. The van der Waals surface area contributed by atoms with Gasteiger partial charge in [0.2, 0.25) is 0 Å². The molecule has 0 aliphatic rings. The second-order valence-electron chi connectivity index (χ2n) is 34.2. The van der Waals surface area contributed by atoms with Crippen LogP contribution in [0.15, 0.2) is 328 Å². The lowest BCUT2D eigenvalue weighted by atomic mass is 9.90. The third-order valence-electron chi connectivity index (χ3n) is 23.4. The molecule has 0 spiro atoms. The molecule has 16 aromatic rings. The number of hydrogen-bond acceptors (Lipinski definition) is 14. The molecule has 0 unspecified atom stereocenters. The molecule has 0 saturated carbocycles. The predicted molar refractivity (Wildman–Crippen MR) is 557 cm³/mol. The van der Waals surface area contributed by atoms with E-state index in [9.17, 15) is 9.59 Å². The topological polar surface area (TPSA) is 144 Å². The van der Waals surface area contributed by atoms with Gasteiger partial charge in [0.1, 0.15) is 66.1 Å². The van der Waals surface area contributed by atoms with Gasteiger partial charge in [0.15, 0.2) is 0 Å². The largest absolute Gasteiger partial charge is 0.494 e. The monoisotopic (exact) mass is 1850 g/mol. The van der Waals surface area contributed by atoms with Crippen LogP contribution in [0.5, 0.6) is 23.0 Å². The smallest absolute Gasteiger partial charge is 0.150 e. The maximum Gasteiger partial charge on any atom is 0.150 e. The Morgan fingerprint density at radius 1 is 0.311 bits per heavy atom. The molecule has 0 bridgehead atoms. The van der Waals surface area contributed by atoms with Crippen LogP contribution in [-0.4, -0.2) is 68.3 Å². The molecule has 2 radical (unpaired) electrons. The molecule has 2 N–H and O–H groups in total. The lowest BCUT2D eigenvalue weighted by Gasteiger charge is -2.31. The van der Waals surface area contributed by atoms with E-state index in [0.29, 0.717) is 16.7 Å². The molecule has 0 atom stereocenters. The Hall–Kier alpha value is -12.3. The summed E-state index contributed by atoms with van der Waals surface area (Å²) < 4.78 is 36.9. The molecule has 0 aliphatic carbocycles. The van der Waals surface area contributed by atoms with Gasteiger partial charge in [-0.15, -0.1) is 22.7 Å². The van der Waals surface area contributed by atoms with Crippen LogP contribution in [-0.2, 0) is 0 Å². The molecule has 132 heavy (non-hydrogen) atoms. The summed E-state index contributed by atoms with van der Waals surface area (Å²) >= 11 is 6.74. The van der Waals surface area contributed by atoms with E-state index in [1.165, 1.54) is 99.3 Å². The van der Waals surface area contributed by atoms with Gasteiger partial charge in [-0.05, 0) is 289 Å². The number of fused-ring (bicyclic) bond motifs is 2. The zero-order chi connectivity index (χ0) is 92.6. The van der Waals surface area contributed by atoms with Gasteiger partial charge in [-0.2, -0.15) is 0 Å². The van der Waals surface area contributed by atoms with Crippen LogP contribution in [0.25, 0.3) is 98.2 Å². The van der Waals surface area contributed by atoms with Crippen LogP contribution in [0.3, 0.4) is 0 Å². The Bertz CT molecular complexity index is 5980. The molecule has 0 amide bonds. The van der Waals surface area contributed by atoms with Crippen molar-refractivity contribution in [3.63, 3.8) is 0 Å². The number of hydrogen-bond donors (Lipinski definition) is 2. The summed E-state index contributed by atoms with van der Waals surface area (Å²) in [5.74, 6) is 5.32. The van der Waals surface area contributed by atoms with Crippen molar-refractivity contribution >= 4 is 121 Å². The summed E-state index contributed by atoms with van der Waals surface area (Å²) in [4.78, 5) is 29.8. The molecule has 0 fully saturated rings. The summed E-state index contributed by atoms with van der Waals surface area (Å²) in [5, 5.41) is 20.2. The van der Waals surface area contributed by atoms with Gasteiger partial charge in [-0.25, -0.2) is 0 Å². The molecule has 0 saturated heterocycles. The van der Waals surface area contributed by atoms with Crippen molar-refractivity contribution in [1.29, 1.82) is 0 Å². The van der Waals surface area contributed by atoms with Crippen LogP contribution in [0, 0.1) is 0 Å². The molecule has 16 rings (SSSR count). The summed E-state index contributed by atoms with van der Waals surface area (Å²) in [6, 6.07) is 109. The molecule has 676 valence electrons. The van der Waals surface area contributed by atoms with E-state index in [2.05, 4.69) is 296 Å². The van der Waals surface area contributed by atoms with Gasteiger partial charge >= 0.3 is 0 Å². The summed E-state index contributed by atoms with van der Waals surface area (Å²) in [6.07, 6.45) is 20.9. The molecule has 0 aliphatic heterocycles. The van der Waals surface area contributed by atoms with E-state index in [4.69, 9.17) is 45.8 Å². The van der Waals surface area contributed by atoms with Gasteiger partial charge in [-0.1, -0.05) is 256 Å². The summed E-state index contributed by atoms with van der Waals surface area (Å²) in [6.45, 7) is 18.3. The van der Waals surface area contributed by atoms with Gasteiger partial charge < -0.3 is 47.8 Å². The number of aliphatic hydroxyl groups is 2. The second kappa shape index (κ2) is 48.7. The SMILES string of the molecule is CC(C)(O)C(C)(C)O.CCCCCCOc1ccc(-c2ccc(N(c3ccc(-c4ccc(OCCCCCC)cc4)cc3)c3ccc(-c4ccc(-c5cc6ccc(C=O)cc6o5)s4)cc3)cc2)cc1.O=Cc1ccc2cc(-c3ccc(Br)s3)oc2c1.[B]c1ccc(N(c2ccc(-c3ccc(OCCCCCC)cc3)cc2)c2ccc(-c3ccc(OCCCCCC)cc3)cc2)cc1. The number of benzene rings is 12. The van der Waals surface area contributed by atoms with Gasteiger partial charge in [-0.3, -0.25) is 9.59 Å². The highest BCUT2D eigenvalue weighted by Crippen LogP contribution is 2.44. The third kappa shape index (κ3) is 27.7. The van der Waals surface area contributed by atoms with Crippen molar-refractivity contribution in [2.45, 2.75) is 169 Å². The molecule has 4 heterocycles. The molecule has 12 aromatic carbocycles. The van der Waals surface area contributed by atoms with Crippen molar-refractivity contribution in [1.82, 2.24) is 0 Å². The van der Waals surface area contributed by atoms with E-state index in [1.54, 1.807) is 68.6 Å². The number of rotatable bonds is 40. The number of thiophene rings is 2. The Morgan fingerprint density at radius 2 is 0.568 bits per heavy atom. The Labute approximate surface area is 797 Å². The maximum absolute atomic E-state index is 11.3. The molecule has 4 aromatic heterocycles. The lowest BCUT2D eigenvalue weighted by molar-refractivity contribution is -0.107. The number of carbonyl (C=O) groups is 2. The lowest BCUT2D eigenvalue weighted by Crippen LogP contribution is -2.44. The second-order valence-corrected chi connectivity index (χ2v) is 37.7. The van der Waals surface area contributed by atoms with E-state index in [1.807, 2.05) is 54.6 Å². The van der Waals surface area contributed by atoms with Crippen molar-refractivity contribution in [3.05, 3.63) is 330 Å². The Morgan fingerprint density at radius 3 is 0.833 bits per heavy atom. The minimum Gasteiger partial charge on any atom is -0.494 e. The third-order valence-corrected chi connectivity index (χ3v) is 26.2. The minimum atomic E-state index is -1.01. The molecule has 16 heteroatoms. The van der Waals surface area contributed by atoms with Crippen LogP contribution < -0.4 is 34.2 Å². The minimum absolute atomic E-state index is 0.606. The standard InChI is InChI=1S/C55H53NO4S.C42H46BNO2.C13H7BrO2S.C6H14O2/c1-3-5-7-9-35-58-50-29-19-43(20-30-50)41-13-23-47(24-14-41)56(48-25-15-42(16-26-48)44-21-31-51(32-22-44)59-36-10-8-6-4-2)49-27-17-45(18-28-49)54-33-34-55(61-54)53-38-46-12-11-40(39-57)37-52(46)60-53;1-3-5-7-9-31-45-41-27-15-35(16-28-41)33-11-21-38(22-12-33)44(40-25-19-37(43)20-26-40)39-23-13-34(14-24-39)36-17-29-42(30-18-36)46-32-10-8-6-4-2;14-13-4-3-12(17-13)11-6-9-2-1-8(7-15)5-10(9)16-11;1-5(2,7)6(3,4)8/h11-34,37-39H,3-10,35-36H2,1-2H3;11-30H,3-10,31-32H2,1-2H3;1-7H;7-8H,1-4H3. The predicted octanol–water partition coefficient (Wildman–Crippen LogP) is 32.8. The Kier molecular flexibility index (Phi) is 35.9.